The van der Waals surface area contributed by atoms with Crippen molar-refractivity contribution in [2.45, 2.75) is 20.8 Å². The third-order valence-corrected chi connectivity index (χ3v) is 2.17. The molecule has 0 radical (unpaired) electrons. The van der Waals surface area contributed by atoms with Crippen LogP contribution >= 0.6 is 24.4 Å². The normalized spacial score (nSPS) is 11.8. The second-order valence-electron chi connectivity index (χ2n) is 2.92. The van der Waals surface area contributed by atoms with Crippen LogP contribution in [0.2, 0.25) is 0 Å². The number of hydrogen-bond donors (Lipinski definition) is 3. The van der Waals surface area contributed by atoms with Gasteiger partial charge in [-0.3, -0.25) is 5.43 Å². The summed E-state index contributed by atoms with van der Waals surface area (Å²) in [5.41, 5.74) is 6.64. The molecule has 96 valence electrons. The SMILES string of the molecule is CCOC(=S)NN=C(C)C(C)=NNC(=S)NC. The zero-order chi connectivity index (χ0) is 13.3. The average Bonchev–Trinajstić information content (AvgIpc) is 2.32. The van der Waals surface area contributed by atoms with Gasteiger partial charge in [-0.1, -0.05) is 0 Å². The van der Waals surface area contributed by atoms with Gasteiger partial charge in [0.15, 0.2) is 5.11 Å². The molecule has 0 aromatic heterocycles. The summed E-state index contributed by atoms with van der Waals surface area (Å²) < 4.78 is 5.01. The van der Waals surface area contributed by atoms with Crippen LogP contribution < -0.4 is 16.2 Å². The van der Waals surface area contributed by atoms with E-state index in [0.29, 0.717) is 23.1 Å². The first-order valence-corrected chi connectivity index (χ1v) is 5.82. The van der Waals surface area contributed by atoms with E-state index in [2.05, 4.69) is 26.4 Å². The van der Waals surface area contributed by atoms with E-state index in [1.807, 2.05) is 6.92 Å². The minimum absolute atomic E-state index is 0.235. The van der Waals surface area contributed by atoms with E-state index in [9.17, 15) is 0 Å². The van der Waals surface area contributed by atoms with Crippen molar-refractivity contribution < 1.29 is 4.74 Å². The first kappa shape index (κ1) is 15.7. The minimum atomic E-state index is 0.235. The van der Waals surface area contributed by atoms with Crippen molar-refractivity contribution in [3.63, 3.8) is 0 Å². The summed E-state index contributed by atoms with van der Waals surface area (Å²) in [4.78, 5) is 0. The van der Waals surface area contributed by atoms with Crippen LogP contribution in [0.4, 0.5) is 0 Å². The summed E-state index contributed by atoms with van der Waals surface area (Å²) >= 11 is 9.73. The summed E-state index contributed by atoms with van der Waals surface area (Å²) in [6, 6.07) is 0. The van der Waals surface area contributed by atoms with Crippen molar-refractivity contribution in [1.82, 2.24) is 16.2 Å². The Balaban J connectivity index is 4.28. The van der Waals surface area contributed by atoms with Crippen molar-refractivity contribution in [3.05, 3.63) is 0 Å². The predicted molar refractivity (Wildman–Crippen MR) is 78.4 cm³/mol. The fourth-order valence-corrected chi connectivity index (χ4v) is 0.854. The van der Waals surface area contributed by atoms with Crippen LogP contribution in [0.3, 0.4) is 0 Å². The van der Waals surface area contributed by atoms with E-state index in [-0.39, 0.29) is 5.17 Å². The van der Waals surface area contributed by atoms with Crippen LogP contribution in [-0.4, -0.2) is 35.4 Å². The Morgan fingerprint density at radius 1 is 1.12 bits per heavy atom. The highest BCUT2D eigenvalue weighted by atomic mass is 32.1. The summed E-state index contributed by atoms with van der Waals surface area (Å²) in [7, 11) is 1.71. The van der Waals surface area contributed by atoms with E-state index in [1.54, 1.807) is 20.9 Å². The van der Waals surface area contributed by atoms with Gasteiger partial charge in [-0.15, -0.1) is 0 Å². The van der Waals surface area contributed by atoms with Crippen molar-refractivity contribution in [2.75, 3.05) is 13.7 Å². The zero-order valence-corrected chi connectivity index (χ0v) is 12.0. The Bertz CT molecular complexity index is 340. The van der Waals surface area contributed by atoms with Crippen molar-refractivity contribution in [3.8, 4) is 0 Å². The van der Waals surface area contributed by atoms with Gasteiger partial charge in [-0.2, -0.15) is 10.2 Å². The Morgan fingerprint density at radius 2 is 1.65 bits per heavy atom. The molecule has 6 nitrogen and oxygen atoms in total. The lowest BCUT2D eigenvalue weighted by atomic mass is 10.3. The van der Waals surface area contributed by atoms with Gasteiger partial charge >= 0.3 is 0 Å². The van der Waals surface area contributed by atoms with E-state index >= 15 is 0 Å². The molecular weight excluding hydrogens is 258 g/mol. The quantitative estimate of drug-likeness (QED) is 0.399. The maximum absolute atomic E-state index is 5.01. The van der Waals surface area contributed by atoms with E-state index in [4.69, 9.17) is 29.2 Å². The Labute approximate surface area is 112 Å². The lowest BCUT2D eigenvalue weighted by Gasteiger charge is -2.05. The van der Waals surface area contributed by atoms with E-state index < -0.39 is 0 Å². The van der Waals surface area contributed by atoms with Crippen LogP contribution in [0, 0.1) is 0 Å². The summed E-state index contributed by atoms with van der Waals surface area (Å²) in [6.07, 6.45) is 0. The van der Waals surface area contributed by atoms with Crippen LogP contribution in [0.5, 0.6) is 0 Å². The number of nitrogens with one attached hydrogen (secondary N) is 3. The summed E-state index contributed by atoms with van der Waals surface area (Å²) in [5.74, 6) is 0. The number of ether oxygens (including phenoxy) is 1. The lowest BCUT2D eigenvalue weighted by Crippen LogP contribution is -2.30. The molecule has 0 fully saturated rings. The Kier molecular flexibility index (Phi) is 8.16. The molecule has 0 saturated heterocycles. The maximum Gasteiger partial charge on any atom is 0.277 e. The highest BCUT2D eigenvalue weighted by molar-refractivity contribution is 7.80. The van der Waals surface area contributed by atoms with Crippen LogP contribution in [0.25, 0.3) is 0 Å². The van der Waals surface area contributed by atoms with Gasteiger partial charge in [-0.05, 0) is 45.2 Å². The van der Waals surface area contributed by atoms with Crippen molar-refractivity contribution >= 4 is 46.1 Å². The number of hydrogen-bond acceptors (Lipinski definition) is 5. The molecule has 0 aliphatic heterocycles. The fraction of sp³-hybridized carbons (Fsp3) is 0.556. The van der Waals surface area contributed by atoms with Gasteiger partial charge < -0.3 is 10.1 Å². The van der Waals surface area contributed by atoms with Gasteiger partial charge in [0.05, 0.1) is 18.0 Å². The molecule has 17 heavy (non-hydrogen) atoms. The number of thiocarbonyl (C=S) groups is 2. The molecule has 0 heterocycles. The molecule has 0 bridgehead atoms. The van der Waals surface area contributed by atoms with Gasteiger partial charge in [0.2, 0.25) is 0 Å². The molecule has 3 N–H and O–H groups in total. The first-order chi connectivity index (χ1) is 8.01. The third kappa shape index (κ3) is 7.58. The van der Waals surface area contributed by atoms with Crippen molar-refractivity contribution in [2.24, 2.45) is 10.2 Å². The molecular formula is C9H17N5OS2. The second-order valence-corrected chi connectivity index (χ2v) is 3.70. The first-order valence-electron chi connectivity index (χ1n) is 5.00. The fourth-order valence-electron chi connectivity index (χ4n) is 0.645. The Hall–Kier alpha value is -1.28. The standard InChI is InChI=1S/C9H17N5OS2/c1-5-15-9(17)14-12-7(3)6(2)11-13-8(16)10-4/h5H2,1-4H3,(H,14,17)(H2,10,13,16). The molecule has 0 saturated carbocycles. The molecule has 8 heteroatoms. The van der Waals surface area contributed by atoms with Crippen LogP contribution in [-0.2, 0) is 4.74 Å². The molecule has 0 aliphatic carbocycles. The third-order valence-electron chi connectivity index (χ3n) is 1.67. The van der Waals surface area contributed by atoms with Crippen molar-refractivity contribution in [1.29, 1.82) is 0 Å². The molecule has 0 aromatic carbocycles. The highest BCUT2D eigenvalue weighted by Crippen LogP contribution is 1.84. The molecule has 0 atom stereocenters. The zero-order valence-electron chi connectivity index (χ0n) is 10.3. The van der Waals surface area contributed by atoms with Gasteiger partial charge in [0.1, 0.15) is 0 Å². The highest BCUT2D eigenvalue weighted by Gasteiger charge is 1.99. The van der Waals surface area contributed by atoms with Gasteiger partial charge in [0.25, 0.3) is 5.17 Å². The smallest absolute Gasteiger partial charge is 0.277 e. The number of hydrazone groups is 2. The Morgan fingerprint density at radius 3 is 2.12 bits per heavy atom. The molecule has 0 spiro atoms. The maximum atomic E-state index is 5.01. The topological polar surface area (TPSA) is 70.0 Å². The second kappa shape index (κ2) is 8.82. The minimum Gasteiger partial charge on any atom is -0.470 e. The molecule has 0 rings (SSSR count). The molecule has 0 unspecified atom stereocenters. The molecule has 0 aliphatic rings. The number of rotatable bonds is 4. The van der Waals surface area contributed by atoms with E-state index in [0.717, 1.165) is 0 Å². The van der Waals surface area contributed by atoms with Gasteiger partial charge in [-0.25, -0.2) is 5.43 Å². The molecule has 0 amide bonds. The van der Waals surface area contributed by atoms with Crippen LogP contribution in [0.1, 0.15) is 20.8 Å². The monoisotopic (exact) mass is 275 g/mol. The summed E-state index contributed by atoms with van der Waals surface area (Å²) in [5, 5.41) is 11.5. The van der Waals surface area contributed by atoms with Crippen LogP contribution in [0.15, 0.2) is 10.2 Å². The summed E-state index contributed by atoms with van der Waals surface area (Å²) in [6.45, 7) is 5.95. The van der Waals surface area contributed by atoms with Gasteiger partial charge in [0, 0.05) is 7.05 Å². The lowest BCUT2D eigenvalue weighted by molar-refractivity contribution is 0.321. The predicted octanol–water partition coefficient (Wildman–Crippen LogP) is 0.743. The average molecular weight is 275 g/mol. The largest absolute Gasteiger partial charge is 0.470 e. The van der Waals surface area contributed by atoms with E-state index in [1.165, 1.54) is 0 Å². The number of nitrogens with zero attached hydrogens (tertiary/aromatic N) is 2. The molecule has 0 aromatic rings.